The van der Waals surface area contributed by atoms with Crippen LogP contribution in [0.15, 0.2) is 0 Å². The number of amides is 1. The molecule has 2 saturated heterocycles. The summed E-state index contributed by atoms with van der Waals surface area (Å²) >= 11 is 0. The first-order valence-corrected chi connectivity index (χ1v) is 6.46. The summed E-state index contributed by atoms with van der Waals surface area (Å²) in [5.74, 6) is 0.143. The molecule has 2 heterocycles. The predicted molar refractivity (Wildman–Crippen MR) is 69.5 cm³/mol. The van der Waals surface area contributed by atoms with Gasteiger partial charge in [-0.1, -0.05) is 0 Å². The standard InChI is InChI=1S/C12H22N2O2.ClH/c15-12(9-11-4-2-8-16-11)14-7-5-10-3-1-6-13-10;/h10-11,13H,1-9H2,(H,14,15);1H/t10-,11?;/m1./s1. The number of halogens is 1. The summed E-state index contributed by atoms with van der Waals surface area (Å²) in [7, 11) is 0. The molecule has 0 saturated carbocycles. The maximum Gasteiger partial charge on any atom is 0.222 e. The third-order valence-corrected chi connectivity index (χ3v) is 3.41. The summed E-state index contributed by atoms with van der Waals surface area (Å²) < 4.78 is 5.43. The molecular formula is C12H23ClN2O2. The van der Waals surface area contributed by atoms with E-state index in [-0.39, 0.29) is 24.4 Å². The zero-order valence-corrected chi connectivity index (χ0v) is 11.1. The normalized spacial score (nSPS) is 27.8. The van der Waals surface area contributed by atoms with Gasteiger partial charge in [0, 0.05) is 19.2 Å². The molecule has 4 nitrogen and oxygen atoms in total. The van der Waals surface area contributed by atoms with Gasteiger partial charge in [-0.25, -0.2) is 0 Å². The zero-order valence-electron chi connectivity index (χ0n) is 10.2. The van der Waals surface area contributed by atoms with Crippen LogP contribution in [0.3, 0.4) is 0 Å². The number of carbonyl (C=O) groups excluding carboxylic acids is 1. The van der Waals surface area contributed by atoms with Crippen LogP contribution in [0, 0.1) is 0 Å². The van der Waals surface area contributed by atoms with Crippen molar-refractivity contribution in [1.29, 1.82) is 0 Å². The van der Waals surface area contributed by atoms with E-state index in [4.69, 9.17) is 4.74 Å². The molecule has 2 fully saturated rings. The summed E-state index contributed by atoms with van der Waals surface area (Å²) in [5, 5.41) is 6.40. The summed E-state index contributed by atoms with van der Waals surface area (Å²) in [5.41, 5.74) is 0. The van der Waals surface area contributed by atoms with E-state index < -0.39 is 0 Å². The number of nitrogens with one attached hydrogen (secondary N) is 2. The Labute approximate surface area is 109 Å². The van der Waals surface area contributed by atoms with Gasteiger partial charge in [0.15, 0.2) is 0 Å². The molecule has 2 rings (SSSR count). The fourth-order valence-corrected chi connectivity index (χ4v) is 2.47. The molecule has 17 heavy (non-hydrogen) atoms. The highest BCUT2D eigenvalue weighted by Crippen LogP contribution is 2.15. The van der Waals surface area contributed by atoms with Crippen molar-refractivity contribution in [3.8, 4) is 0 Å². The molecule has 1 amide bonds. The Kier molecular flexibility index (Phi) is 6.85. The molecular weight excluding hydrogens is 240 g/mol. The van der Waals surface area contributed by atoms with Crippen LogP contribution in [0.2, 0.25) is 0 Å². The molecule has 0 aromatic carbocycles. The van der Waals surface area contributed by atoms with Crippen molar-refractivity contribution < 1.29 is 9.53 Å². The number of ether oxygens (including phenoxy) is 1. The van der Waals surface area contributed by atoms with Crippen molar-refractivity contribution in [3.05, 3.63) is 0 Å². The predicted octanol–water partition coefficient (Wildman–Crippen LogP) is 1.24. The second-order valence-corrected chi connectivity index (χ2v) is 4.77. The highest BCUT2D eigenvalue weighted by Gasteiger charge is 2.19. The highest BCUT2D eigenvalue weighted by molar-refractivity contribution is 5.85. The van der Waals surface area contributed by atoms with E-state index >= 15 is 0 Å². The van der Waals surface area contributed by atoms with Crippen LogP contribution in [-0.4, -0.2) is 37.7 Å². The fraction of sp³-hybridized carbons (Fsp3) is 0.917. The quantitative estimate of drug-likeness (QED) is 0.784. The summed E-state index contributed by atoms with van der Waals surface area (Å²) in [6.07, 6.45) is 6.43. The first kappa shape index (κ1) is 14.7. The molecule has 0 spiro atoms. The SMILES string of the molecule is Cl.O=C(CC1CCCO1)NCC[C@H]1CCCN1. The van der Waals surface area contributed by atoms with Crippen LogP contribution in [0.4, 0.5) is 0 Å². The average molecular weight is 263 g/mol. The monoisotopic (exact) mass is 262 g/mol. The van der Waals surface area contributed by atoms with E-state index in [1.54, 1.807) is 0 Å². The van der Waals surface area contributed by atoms with Gasteiger partial charge < -0.3 is 15.4 Å². The van der Waals surface area contributed by atoms with Gasteiger partial charge in [-0.15, -0.1) is 12.4 Å². The van der Waals surface area contributed by atoms with E-state index in [9.17, 15) is 4.79 Å². The second kappa shape index (κ2) is 7.90. The van der Waals surface area contributed by atoms with Crippen LogP contribution in [0.1, 0.15) is 38.5 Å². The molecule has 0 aromatic heterocycles. The molecule has 1 unspecified atom stereocenters. The van der Waals surface area contributed by atoms with Crippen LogP contribution >= 0.6 is 12.4 Å². The first-order valence-electron chi connectivity index (χ1n) is 6.46. The van der Waals surface area contributed by atoms with Crippen molar-refractivity contribution in [1.82, 2.24) is 10.6 Å². The topological polar surface area (TPSA) is 50.4 Å². The number of hydrogen-bond acceptors (Lipinski definition) is 3. The van der Waals surface area contributed by atoms with Crippen LogP contribution in [0.5, 0.6) is 0 Å². The van der Waals surface area contributed by atoms with Gasteiger partial charge in [-0.05, 0) is 38.6 Å². The van der Waals surface area contributed by atoms with Gasteiger partial charge in [0.25, 0.3) is 0 Å². The van der Waals surface area contributed by atoms with Gasteiger partial charge in [0.05, 0.1) is 12.5 Å². The number of hydrogen-bond donors (Lipinski definition) is 2. The largest absolute Gasteiger partial charge is 0.378 e. The Morgan fingerprint density at radius 2 is 2.24 bits per heavy atom. The van der Waals surface area contributed by atoms with E-state index in [0.29, 0.717) is 12.5 Å². The first-order chi connectivity index (χ1) is 7.84. The van der Waals surface area contributed by atoms with Crippen LogP contribution in [-0.2, 0) is 9.53 Å². The smallest absolute Gasteiger partial charge is 0.222 e. The molecule has 0 aromatic rings. The Morgan fingerprint density at radius 1 is 1.35 bits per heavy atom. The van der Waals surface area contributed by atoms with E-state index in [1.165, 1.54) is 12.8 Å². The molecule has 2 aliphatic rings. The third-order valence-electron chi connectivity index (χ3n) is 3.41. The number of carbonyl (C=O) groups is 1. The van der Waals surface area contributed by atoms with Crippen molar-refractivity contribution in [2.24, 2.45) is 0 Å². The molecule has 5 heteroatoms. The van der Waals surface area contributed by atoms with Gasteiger partial charge in [-0.2, -0.15) is 0 Å². The third kappa shape index (κ3) is 5.23. The van der Waals surface area contributed by atoms with Gasteiger partial charge in [0.1, 0.15) is 0 Å². The molecule has 0 radical (unpaired) electrons. The lowest BCUT2D eigenvalue weighted by molar-refractivity contribution is -0.123. The van der Waals surface area contributed by atoms with Crippen molar-refractivity contribution in [2.45, 2.75) is 50.7 Å². The highest BCUT2D eigenvalue weighted by atomic mass is 35.5. The van der Waals surface area contributed by atoms with E-state index in [2.05, 4.69) is 10.6 Å². The Balaban J connectivity index is 0.00000144. The summed E-state index contributed by atoms with van der Waals surface area (Å²) in [6, 6.07) is 0.614. The lowest BCUT2D eigenvalue weighted by atomic mass is 10.1. The van der Waals surface area contributed by atoms with E-state index in [0.717, 1.165) is 39.0 Å². The molecule has 0 aliphatic carbocycles. The maximum atomic E-state index is 11.6. The lowest BCUT2D eigenvalue weighted by Crippen LogP contribution is -2.32. The van der Waals surface area contributed by atoms with E-state index in [1.807, 2.05) is 0 Å². The van der Waals surface area contributed by atoms with Crippen molar-refractivity contribution >= 4 is 18.3 Å². The molecule has 0 bridgehead atoms. The molecule has 2 N–H and O–H groups in total. The Bertz CT molecular complexity index is 227. The van der Waals surface area contributed by atoms with Gasteiger partial charge in [0.2, 0.25) is 5.91 Å². The van der Waals surface area contributed by atoms with Crippen molar-refractivity contribution in [3.63, 3.8) is 0 Å². The zero-order chi connectivity index (χ0) is 11.2. The maximum absolute atomic E-state index is 11.6. The van der Waals surface area contributed by atoms with Gasteiger partial charge >= 0.3 is 0 Å². The Hall–Kier alpha value is -0.320. The minimum absolute atomic E-state index is 0. The second-order valence-electron chi connectivity index (χ2n) is 4.77. The summed E-state index contributed by atoms with van der Waals surface area (Å²) in [4.78, 5) is 11.6. The average Bonchev–Trinajstić information content (AvgIpc) is 2.90. The molecule has 100 valence electrons. The summed E-state index contributed by atoms with van der Waals surface area (Å²) in [6.45, 7) is 2.75. The van der Waals surface area contributed by atoms with Crippen LogP contribution in [0.25, 0.3) is 0 Å². The molecule has 2 atom stereocenters. The lowest BCUT2D eigenvalue weighted by Gasteiger charge is -2.12. The van der Waals surface area contributed by atoms with Crippen LogP contribution < -0.4 is 10.6 Å². The van der Waals surface area contributed by atoms with Gasteiger partial charge in [-0.3, -0.25) is 4.79 Å². The fourth-order valence-electron chi connectivity index (χ4n) is 2.47. The number of rotatable bonds is 5. The minimum Gasteiger partial charge on any atom is -0.378 e. The minimum atomic E-state index is 0. The van der Waals surface area contributed by atoms with Crippen molar-refractivity contribution in [2.75, 3.05) is 19.7 Å². The Morgan fingerprint density at radius 3 is 2.88 bits per heavy atom. The molecule has 2 aliphatic heterocycles.